The van der Waals surface area contributed by atoms with Crippen LogP contribution in [0.1, 0.15) is 27.6 Å². The molecule has 0 saturated carbocycles. The Morgan fingerprint density at radius 3 is 2.59 bits per heavy atom. The van der Waals surface area contributed by atoms with Gasteiger partial charge in [-0.1, -0.05) is 17.7 Å². The molecule has 0 radical (unpaired) electrons. The molecule has 0 atom stereocenters. The van der Waals surface area contributed by atoms with Crippen molar-refractivity contribution >= 4 is 5.91 Å². The van der Waals surface area contributed by atoms with Crippen LogP contribution >= 0.6 is 0 Å². The molecule has 3 rings (SSSR count). The fourth-order valence-corrected chi connectivity index (χ4v) is 2.03. The van der Waals surface area contributed by atoms with E-state index < -0.39 is 0 Å². The molecule has 0 unspecified atom stereocenters. The Kier molecular flexibility index (Phi) is 3.78. The monoisotopic (exact) mass is 296 g/mol. The van der Waals surface area contributed by atoms with E-state index in [-0.39, 0.29) is 12.5 Å². The summed E-state index contributed by atoms with van der Waals surface area (Å²) in [6.45, 7) is 4.10. The fraction of sp³-hybridized carbons (Fsp3) is 0.176. The van der Waals surface area contributed by atoms with Crippen LogP contribution in [0.4, 0.5) is 0 Å². The highest BCUT2D eigenvalue weighted by molar-refractivity contribution is 5.91. The molecular weight excluding hydrogens is 280 g/mol. The zero-order chi connectivity index (χ0) is 15.5. The van der Waals surface area contributed by atoms with E-state index in [1.165, 1.54) is 5.56 Å². The zero-order valence-corrected chi connectivity index (χ0v) is 12.4. The van der Waals surface area contributed by atoms with Gasteiger partial charge < -0.3 is 14.2 Å². The van der Waals surface area contributed by atoms with Crippen LogP contribution in [-0.4, -0.2) is 10.9 Å². The number of carbonyl (C=O) groups is 1. The molecule has 0 bridgehead atoms. The number of furan rings is 1. The Morgan fingerprint density at radius 2 is 1.91 bits per heavy atom. The zero-order valence-electron chi connectivity index (χ0n) is 12.4. The van der Waals surface area contributed by atoms with Crippen molar-refractivity contribution in [2.24, 2.45) is 0 Å². The number of oxazole rings is 1. The second-order valence-electron chi connectivity index (χ2n) is 5.10. The second kappa shape index (κ2) is 5.89. The molecule has 22 heavy (non-hydrogen) atoms. The van der Waals surface area contributed by atoms with E-state index in [1.807, 2.05) is 31.2 Å². The van der Waals surface area contributed by atoms with Gasteiger partial charge in [-0.3, -0.25) is 4.79 Å². The molecule has 1 amide bonds. The standard InChI is InChI=1S/C17H16N2O3/c1-11-3-6-13(7-4-11)17-19-14(10-21-17)9-18-16(20)15-8-5-12(2)22-15/h3-8,10H,9H2,1-2H3,(H,18,20). The first-order chi connectivity index (χ1) is 10.6. The summed E-state index contributed by atoms with van der Waals surface area (Å²) < 4.78 is 10.7. The lowest BCUT2D eigenvalue weighted by atomic mass is 10.1. The summed E-state index contributed by atoms with van der Waals surface area (Å²) in [4.78, 5) is 16.3. The molecular formula is C17H16N2O3. The lowest BCUT2D eigenvalue weighted by molar-refractivity contribution is 0.0921. The van der Waals surface area contributed by atoms with E-state index in [0.29, 0.717) is 23.1 Å². The van der Waals surface area contributed by atoms with Crippen molar-refractivity contribution in [1.82, 2.24) is 10.3 Å². The minimum absolute atomic E-state index is 0.270. The number of nitrogens with zero attached hydrogens (tertiary/aromatic N) is 1. The quantitative estimate of drug-likeness (QED) is 0.800. The van der Waals surface area contributed by atoms with Crippen molar-refractivity contribution in [3.05, 3.63) is 65.4 Å². The van der Waals surface area contributed by atoms with Gasteiger partial charge in [0.25, 0.3) is 5.91 Å². The smallest absolute Gasteiger partial charge is 0.287 e. The third kappa shape index (κ3) is 3.09. The van der Waals surface area contributed by atoms with Crippen molar-refractivity contribution < 1.29 is 13.6 Å². The highest BCUT2D eigenvalue weighted by Gasteiger charge is 2.11. The first-order valence-electron chi connectivity index (χ1n) is 6.98. The Morgan fingerprint density at radius 1 is 1.14 bits per heavy atom. The van der Waals surface area contributed by atoms with Gasteiger partial charge in [-0.05, 0) is 38.1 Å². The van der Waals surface area contributed by atoms with Crippen molar-refractivity contribution in [2.75, 3.05) is 0 Å². The van der Waals surface area contributed by atoms with E-state index >= 15 is 0 Å². The molecule has 0 saturated heterocycles. The van der Waals surface area contributed by atoms with Gasteiger partial charge in [-0.2, -0.15) is 0 Å². The summed E-state index contributed by atoms with van der Waals surface area (Å²) in [5.41, 5.74) is 2.74. The lowest BCUT2D eigenvalue weighted by Crippen LogP contribution is -2.22. The van der Waals surface area contributed by atoms with Crippen molar-refractivity contribution in [2.45, 2.75) is 20.4 Å². The van der Waals surface area contributed by atoms with Gasteiger partial charge >= 0.3 is 0 Å². The second-order valence-corrected chi connectivity index (χ2v) is 5.10. The number of aryl methyl sites for hydroxylation is 2. The molecule has 1 N–H and O–H groups in total. The Balaban J connectivity index is 1.64. The van der Waals surface area contributed by atoms with Crippen molar-refractivity contribution in [1.29, 1.82) is 0 Å². The predicted octanol–water partition coefficient (Wildman–Crippen LogP) is 3.48. The van der Waals surface area contributed by atoms with Gasteiger partial charge in [0, 0.05) is 5.56 Å². The van der Waals surface area contributed by atoms with Crippen LogP contribution in [0.15, 0.2) is 51.5 Å². The van der Waals surface area contributed by atoms with Gasteiger partial charge in [0.05, 0.1) is 12.2 Å². The molecule has 0 aliphatic rings. The number of rotatable bonds is 4. The summed E-state index contributed by atoms with van der Waals surface area (Å²) >= 11 is 0. The number of aromatic nitrogens is 1. The first-order valence-corrected chi connectivity index (χ1v) is 6.98. The maximum Gasteiger partial charge on any atom is 0.287 e. The van der Waals surface area contributed by atoms with Crippen LogP contribution in [0.3, 0.4) is 0 Å². The molecule has 0 spiro atoms. The maximum absolute atomic E-state index is 11.9. The van der Waals surface area contributed by atoms with E-state index in [2.05, 4.69) is 10.3 Å². The summed E-state index contributed by atoms with van der Waals surface area (Å²) in [7, 11) is 0. The van der Waals surface area contributed by atoms with E-state index in [1.54, 1.807) is 25.3 Å². The third-order valence-electron chi connectivity index (χ3n) is 3.24. The molecule has 1 aromatic carbocycles. The molecule has 112 valence electrons. The van der Waals surface area contributed by atoms with Crippen molar-refractivity contribution in [3.63, 3.8) is 0 Å². The number of benzene rings is 1. The molecule has 5 heteroatoms. The molecule has 0 aliphatic carbocycles. The topological polar surface area (TPSA) is 68.3 Å². The van der Waals surface area contributed by atoms with Crippen LogP contribution in [0, 0.1) is 13.8 Å². The third-order valence-corrected chi connectivity index (χ3v) is 3.24. The van der Waals surface area contributed by atoms with Gasteiger partial charge in [0.15, 0.2) is 5.76 Å². The highest BCUT2D eigenvalue weighted by Crippen LogP contribution is 2.19. The summed E-state index contributed by atoms with van der Waals surface area (Å²) in [5.74, 6) is 1.26. The molecule has 0 aliphatic heterocycles. The Bertz CT molecular complexity index is 784. The molecule has 5 nitrogen and oxygen atoms in total. The van der Waals surface area contributed by atoms with E-state index in [9.17, 15) is 4.79 Å². The number of hydrogen-bond donors (Lipinski definition) is 1. The number of hydrogen-bond acceptors (Lipinski definition) is 4. The van der Waals surface area contributed by atoms with Gasteiger partial charge in [-0.25, -0.2) is 4.98 Å². The predicted molar refractivity (Wildman–Crippen MR) is 81.3 cm³/mol. The Hall–Kier alpha value is -2.82. The number of carbonyl (C=O) groups excluding carboxylic acids is 1. The SMILES string of the molecule is Cc1ccc(-c2nc(CNC(=O)c3ccc(C)o3)co2)cc1. The van der Waals surface area contributed by atoms with E-state index in [4.69, 9.17) is 8.83 Å². The molecule has 2 aromatic heterocycles. The average molecular weight is 296 g/mol. The molecule has 3 aromatic rings. The normalized spacial score (nSPS) is 10.6. The van der Waals surface area contributed by atoms with Crippen LogP contribution in [0.2, 0.25) is 0 Å². The summed E-state index contributed by atoms with van der Waals surface area (Å²) in [5, 5.41) is 2.75. The molecule has 2 heterocycles. The van der Waals surface area contributed by atoms with Gasteiger partial charge in [0.2, 0.25) is 5.89 Å². The summed E-state index contributed by atoms with van der Waals surface area (Å²) in [6.07, 6.45) is 1.54. The maximum atomic E-state index is 11.9. The molecule has 0 fully saturated rings. The van der Waals surface area contributed by atoms with Gasteiger partial charge in [0.1, 0.15) is 12.0 Å². The van der Waals surface area contributed by atoms with Crippen molar-refractivity contribution in [3.8, 4) is 11.5 Å². The van der Waals surface area contributed by atoms with Crippen LogP contribution < -0.4 is 5.32 Å². The number of amides is 1. The number of nitrogens with one attached hydrogen (secondary N) is 1. The first kappa shape index (κ1) is 14.1. The Labute approximate surface area is 128 Å². The highest BCUT2D eigenvalue weighted by atomic mass is 16.4. The average Bonchev–Trinajstić information content (AvgIpc) is 3.15. The largest absolute Gasteiger partial charge is 0.456 e. The fourth-order valence-electron chi connectivity index (χ4n) is 2.03. The lowest BCUT2D eigenvalue weighted by Gasteiger charge is -1.99. The van der Waals surface area contributed by atoms with Crippen LogP contribution in [-0.2, 0) is 6.54 Å². The van der Waals surface area contributed by atoms with Gasteiger partial charge in [-0.15, -0.1) is 0 Å². The van der Waals surface area contributed by atoms with Crippen LogP contribution in [0.25, 0.3) is 11.5 Å². The van der Waals surface area contributed by atoms with Crippen LogP contribution in [0.5, 0.6) is 0 Å². The summed E-state index contributed by atoms with van der Waals surface area (Å²) in [6, 6.07) is 11.3. The minimum Gasteiger partial charge on any atom is -0.456 e. The minimum atomic E-state index is -0.270. The van der Waals surface area contributed by atoms with E-state index in [0.717, 1.165) is 5.56 Å².